The number of aliphatic imine (C=N–C) groups is 1. The van der Waals surface area contributed by atoms with Crippen LogP contribution in [0.3, 0.4) is 0 Å². The van der Waals surface area contributed by atoms with Crippen molar-refractivity contribution in [2.45, 2.75) is 74.4 Å². The summed E-state index contributed by atoms with van der Waals surface area (Å²) in [5.74, 6) is -3.84. The van der Waals surface area contributed by atoms with Gasteiger partial charge in [-0.3, -0.25) is 19.7 Å². The maximum absolute atomic E-state index is 12.2. The summed E-state index contributed by atoms with van der Waals surface area (Å²) in [6.45, 7) is 1.23. The second-order valence-electron chi connectivity index (χ2n) is 7.95. The van der Waals surface area contributed by atoms with Crippen molar-refractivity contribution < 1.29 is 33.8 Å². The first-order valence-corrected chi connectivity index (χ1v) is 11.3. The second kappa shape index (κ2) is 12.0. The van der Waals surface area contributed by atoms with Crippen LogP contribution in [0.25, 0.3) is 0 Å². The Hall–Kier alpha value is -2.60. The molecule has 6 N–H and O–H groups in total. The molecular weight excluding hydrogens is 481 g/mol. The third-order valence-electron chi connectivity index (χ3n) is 5.42. The van der Waals surface area contributed by atoms with Gasteiger partial charge in [0, 0.05) is 29.5 Å². The number of halogens is 2. The maximum Gasteiger partial charge on any atom is 0.437 e. The molecule has 0 aromatic heterocycles. The molecule has 0 radical (unpaired) electrons. The Morgan fingerprint density at radius 1 is 1.24 bits per heavy atom. The number of aliphatic carboxylic acids is 1. The summed E-state index contributed by atoms with van der Waals surface area (Å²) >= 11 is 12.5. The zero-order chi connectivity index (χ0) is 24.7. The van der Waals surface area contributed by atoms with Crippen LogP contribution < -0.4 is 21.7 Å². The monoisotopic (exact) mass is 507 g/mol. The van der Waals surface area contributed by atoms with E-state index < -0.39 is 48.0 Å². The molecule has 2 rings (SSSR count). The third kappa shape index (κ3) is 8.04. The van der Waals surface area contributed by atoms with Gasteiger partial charge in [0.25, 0.3) is 0 Å². The van der Waals surface area contributed by atoms with E-state index in [1.807, 2.05) is 0 Å². The Labute approximate surface area is 200 Å². The Bertz CT molecular complexity index is 814. The molecule has 14 heteroatoms. The summed E-state index contributed by atoms with van der Waals surface area (Å²) in [6.07, 6.45) is 0.128. The zero-order valence-electron chi connectivity index (χ0n) is 17.9. The lowest BCUT2D eigenvalue weighted by Crippen LogP contribution is -2.53. The molecule has 2 aliphatic rings. The quantitative estimate of drug-likeness (QED) is 0.183. The molecule has 4 amide bonds. The number of nitrogens with one attached hydrogen (secondary N) is 3. The fourth-order valence-electron chi connectivity index (χ4n) is 3.65. The van der Waals surface area contributed by atoms with Crippen LogP contribution in [-0.2, 0) is 23.9 Å². The topological polar surface area (TPSA) is 189 Å². The van der Waals surface area contributed by atoms with Gasteiger partial charge in [0.15, 0.2) is 6.04 Å². The van der Waals surface area contributed by atoms with E-state index in [4.69, 9.17) is 33.7 Å². The van der Waals surface area contributed by atoms with E-state index in [1.165, 1.54) is 6.92 Å². The minimum Gasteiger partial charge on any atom is -0.480 e. The predicted molar refractivity (Wildman–Crippen MR) is 118 cm³/mol. The van der Waals surface area contributed by atoms with Crippen LogP contribution in [0.2, 0.25) is 0 Å². The maximum atomic E-state index is 12.2. The number of hydrogen-bond acceptors (Lipinski definition) is 6. The van der Waals surface area contributed by atoms with Crippen molar-refractivity contribution in [3.63, 3.8) is 0 Å². The van der Waals surface area contributed by atoms with Crippen LogP contribution in [0.5, 0.6) is 0 Å². The van der Waals surface area contributed by atoms with Crippen molar-refractivity contribution in [2.75, 3.05) is 0 Å². The summed E-state index contributed by atoms with van der Waals surface area (Å²) in [7, 11) is 0. The predicted octanol–water partition coefficient (Wildman–Crippen LogP) is 0.195. The normalized spacial score (nSPS) is 27.1. The van der Waals surface area contributed by atoms with Gasteiger partial charge in [-0.05, 0) is 26.2 Å². The fraction of sp³-hybridized carbons (Fsp3) is 0.684. The van der Waals surface area contributed by atoms with E-state index in [1.54, 1.807) is 0 Å². The number of ether oxygens (including phenoxy) is 1. The molecule has 1 aliphatic heterocycles. The van der Waals surface area contributed by atoms with Crippen LogP contribution >= 0.6 is 23.2 Å². The number of carbonyl (C=O) groups excluding carboxylic acids is 4. The first-order chi connectivity index (χ1) is 15.5. The number of carbonyl (C=O) groups is 5. The van der Waals surface area contributed by atoms with Gasteiger partial charge in [-0.1, -0.05) is 6.42 Å². The average molecular weight is 508 g/mol. The molecule has 184 valence electrons. The highest BCUT2D eigenvalue weighted by atomic mass is 35.5. The van der Waals surface area contributed by atoms with E-state index in [0.29, 0.717) is 0 Å². The number of rotatable bonds is 7. The lowest BCUT2D eigenvalue weighted by atomic mass is 9.86. The summed E-state index contributed by atoms with van der Waals surface area (Å²) < 4.78 is 4.91. The molecule has 1 saturated heterocycles. The zero-order valence-corrected chi connectivity index (χ0v) is 19.4. The number of carboxylic acid groups (broad SMARTS) is 1. The van der Waals surface area contributed by atoms with Crippen LogP contribution in [-0.4, -0.2) is 69.8 Å². The smallest absolute Gasteiger partial charge is 0.437 e. The highest BCUT2D eigenvalue weighted by Gasteiger charge is 2.35. The van der Waals surface area contributed by atoms with E-state index in [-0.39, 0.29) is 41.8 Å². The first kappa shape index (κ1) is 26.7. The van der Waals surface area contributed by atoms with Crippen LogP contribution in [0.15, 0.2) is 4.99 Å². The van der Waals surface area contributed by atoms with E-state index in [2.05, 4.69) is 20.9 Å². The molecular formula is C19H27Cl2N5O7. The minimum absolute atomic E-state index is 0.00513. The van der Waals surface area contributed by atoms with Crippen molar-refractivity contribution in [3.8, 4) is 0 Å². The van der Waals surface area contributed by atoms with Crippen LogP contribution in [0.1, 0.15) is 45.4 Å². The minimum atomic E-state index is -1.60. The van der Waals surface area contributed by atoms with Gasteiger partial charge in [0.1, 0.15) is 12.1 Å². The Morgan fingerprint density at radius 3 is 2.42 bits per heavy atom. The number of hydrogen-bond donors (Lipinski definition) is 5. The number of alkyl halides is 2. The molecule has 0 aromatic rings. The van der Waals surface area contributed by atoms with Gasteiger partial charge in [-0.15, -0.1) is 28.2 Å². The number of amides is 4. The van der Waals surface area contributed by atoms with Gasteiger partial charge >= 0.3 is 12.1 Å². The van der Waals surface area contributed by atoms with E-state index in [9.17, 15) is 29.1 Å². The fourth-order valence-corrected chi connectivity index (χ4v) is 4.56. The highest BCUT2D eigenvalue weighted by molar-refractivity contribution is 6.24. The van der Waals surface area contributed by atoms with Gasteiger partial charge < -0.3 is 26.2 Å². The lowest BCUT2D eigenvalue weighted by Gasteiger charge is -2.30. The lowest BCUT2D eigenvalue weighted by molar-refractivity contribution is -0.145. The van der Waals surface area contributed by atoms with Gasteiger partial charge in [-0.2, -0.15) is 0 Å². The van der Waals surface area contributed by atoms with Gasteiger partial charge in [0.05, 0.1) is 0 Å². The Balaban J connectivity index is 1.87. The number of guanidine groups is 1. The number of nitrogens with zero attached hydrogens (tertiary/aromatic N) is 1. The molecule has 1 saturated carbocycles. The first-order valence-electron chi connectivity index (χ1n) is 10.4. The molecule has 5 unspecified atom stereocenters. The standard InChI is InChI=1S/C19H27Cl2N5O7/c1-8(15(17(30)31)25-16(29)12-5-6-13(27)23-12)33-19(32)26-18(22)24-14(28)7-9-10(20)3-2-4-11(9)21/h8-12,15H,2-7H2,1H3,(H,23,27)(H,25,29)(H,30,31)(H3,22,24,26,28,32). The molecule has 1 aliphatic carbocycles. The summed E-state index contributed by atoms with van der Waals surface area (Å²) in [6, 6.07) is -2.46. The van der Waals surface area contributed by atoms with Crippen molar-refractivity contribution in [1.29, 1.82) is 0 Å². The second-order valence-corrected chi connectivity index (χ2v) is 9.07. The van der Waals surface area contributed by atoms with Crippen molar-refractivity contribution in [1.82, 2.24) is 16.0 Å². The Morgan fingerprint density at radius 2 is 1.88 bits per heavy atom. The van der Waals surface area contributed by atoms with E-state index >= 15 is 0 Å². The molecule has 0 aromatic carbocycles. The van der Waals surface area contributed by atoms with Crippen molar-refractivity contribution in [2.24, 2.45) is 16.6 Å². The number of nitrogens with two attached hydrogens (primary N) is 1. The highest BCUT2D eigenvalue weighted by Crippen LogP contribution is 2.34. The van der Waals surface area contributed by atoms with Gasteiger partial charge in [0.2, 0.25) is 23.7 Å². The Kier molecular flexibility index (Phi) is 9.71. The summed E-state index contributed by atoms with van der Waals surface area (Å²) in [5.41, 5.74) is 5.56. The molecule has 0 spiro atoms. The van der Waals surface area contributed by atoms with E-state index in [0.717, 1.165) is 19.3 Å². The largest absolute Gasteiger partial charge is 0.480 e. The molecule has 2 fully saturated rings. The third-order valence-corrected chi connectivity index (χ3v) is 6.50. The van der Waals surface area contributed by atoms with Crippen LogP contribution in [0.4, 0.5) is 4.79 Å². The van der Waals surface area contributed by atoms with Crippen molar-refractivity contribution >= 4 is 58.9 Å². The molecule has 33 heavy (non-hydrogen) atoms. The molecule has 12 nitrogen and oxygen atoms in total. The average Bonchev–Trinajstić information content (AvgIpc) is 3.14. The number of carboxylic acids is 1. The molecule has 0 bridgehead atoms. The molecule has 1 heterocycles. The summed E-state index contributed by atoms with van der Waals surface area (Å²) in [5, 5.41) is 15.7. The molecule has 5 atom stereocenters. The SMILES string of the molecule is CC(OC(=O)N=C(N)NC(=O)CC1C(Cl)CCCC1Cl)C(NC(=O)C1CCC(=O)N1)C(=O)O. The summed E-state index contributed by atoms with van der Waals surface area (Å²) in [4.78, 5) is 62.5. The van der Waals surface area contributed by atoms with Gasteiger partial charge in [-0.25, -0.2) is 9.59 Å². The van der Waals surface area contributed by atoms with Crippen molar-refractivity contribution in [3.05, 3.63) is 0 Å². The van der Waals surface area contributed by atoms with Crippen LogP contribution in [0, 0.1) is 5.92 Å².